The maximum atomic E-state index is 9.80. The lowest BCUT2D eigenvalue weighted by molar-refractivity contribution is 0.0289. The van der Waals surface area contributed by atoms with E-state index in [1.54, 1.807) is 54.7 Å². The molecule has 5 nitrogen and oxygen atoms in total. The van der Waals surface area contributed by atoms with Crippen LogP contribution >= 0.6 is 0 Å². The SMILES string of the molecule is [2H]C([2H])([2H])c1cnc(-c2cc(Oc3cc(-c4cc(C5CCC(C)(C6([2H])CCC(C)(C)CC6)CC5C([2H])([2H])[2H])c(C)cn4)c4oc5nc(C)ccc5c4c3)c(C([2H])([2H])[2H])c(-c3ccccc3)c2)cc1C([2H])([2H])[2H]. The van der Waals surface area contributed by atoms with Gasteiger partial charge in [-0.05, 0) is 195 Å². The average Bonchev–Trinajstić information content (AvgIpc) is 3.66. The molecule has 0 amide bonds. The van der Waals surface area contributed by atoms with Crippen LogP contribution in [-0.2, 0) is 0 Å². The number of aryl methyl sites for hydroxylation is 4. The third-order valence-corrected chi connectivity index (χ3v) is 13.2. The average molecular weight is 795 g/mol. The Bertz CT molecular complexity index is 3200. The summed E-state index contributed by atoms with van der Waals surface area (Å²) >= 11 is 0. The Morgan fingerprint density at radius 2 is 1.54 bits per heavy atom. The first-order valence-corrected chi connectivity index (χ1v) is 20.7. The van der Waals surface area contributed by atoms with Crippen LogP contribution in [0.5, 0.6) is 11.5 Å². The Hall–Kier alpha value is -5.29. The number of rotatable bonds is 7. The topological polar surface area (TPSA) is 61.0 Å². The molecule has 4 heterocycles. The van der Waals surface area contributed by atoms with Crippen molar-refractivity contribution >= 4 is 22.1 Å². The zero-order valence-corrected chi connectivity index (χ0v) is 34.4. The van der Waals surface area contributed by atoms with E-state index in [0.29, 0.717) is 58.2 Å². The van der Waals surface area contributed by atoms with Gasteiger partial charge >= 0.3 is 0 Å². The molecule has 0 radical (unpaired) electrons. The van der Waals surface area contributed by atoms with E-state index in [2.05, 4.69) is 30.7 Å². The predicted octanol–water partition coefficient (Wildman–Crippen LogP) is 15.2. The molecule has 2 fully saturated rings. The van der Waals surface area contributed by atoms with Crippen LogP contribution in [0.1, 0.15) is 130 Å². The minimum atomic E-state index is -2.82. The molecule has 3 aromatic carbocycles. The molecule has 59 heavy (non-hydrogen) atoms. The van der Waals surface area contributed by atoms with Gasteiger partial charge < -0.3 is 9.15 Å². The fraction of sp³-hybridized carbons (Fsp3) is 0.389. The first-order chi connectivity index (χ1) is 33.4. The third kappa shape index (κ3) is 7.47. The lowest BCUT2D eigenvalue weighted by Gasteiger charge is -2.49. The smallest absolute Gasteiger partial charge is 0.227 e. The van der Waals surface area contributed by atoms with Crippen molar-refractivity contribution in [3.05, 3.63) is 125 Å². The Morgan fingerprint density at radius 3 is 2.32 bits per heavy atom. The number of fused-ring (bicyclic) bond motifs is 3. The zero-order valence-electron chi connectivity index (χ0n) is 47.4. The van der Waals surface area contributed by atoms with Gasteiger partial charge in [-0.15, -0.1) is 0 Å². The van der Waals surface area contributed by atoms with E-state index >= 15 is 0 Å². The molecular weight excluding hydrogens is 723 g/mol. The monoisotopic (exact) mass is 795 g/mol. The molecule has 0 saturated heterocycles. The maximum Gasteiger partial charge on any atom is 0.227 e. The number of nitrogens with zero attached hydrogens (tertiary/aromatic N) is 3. The number of aromatic nitrogens is 3. The summed E-state index contributed by atoms with van der Waals surface area (Å²) in [5.74, 6) is -1.69. The number of furan rings is 1. The molecule has 2 saturated carbocycles. The van der Waals surface area contributed by atoms with E-state index in [4.69, 9.17) is 30.6 Å². The first-order valence-electron chi connectivity index (χ1n) is 27.2. The predicted molar refractivity (Wildman–Crippen MR) is 243 cm³/mol. The van der Waals surface area contributed by atoms with Gasteiger partial charge in [-0.2, -0.15) is 0 Å². The van der Waals surface area contributed by atoms with E-state index < -0.39 is 55.8 Å². The highest BCUT2D eigenvalue weighted by molar-refractivity contribution is 6.09. The molecule has 4 aromatic heterocycles. The van der Waals surface area contributed by atoms with Crippen LogP contribution in [0.2, 0.25) is 0 Å². The number of hydrogen-bond acceptors (Lipinski definition) is 5. The number of ether oxygens (including phenoxy) is 1. The van der Waals surface area contributed by atoms with Crippen LogP contribution in [0.4, 0.5) is 0 Å². The fourth-order valence-corrected chi connectivity index (χ4v) is 9.52. The molecule has 0 spiro atoms. The second-order valence-electron chi connectivity index (χ2n) is 17.9. The van der Waals surface area contributed by atoms with E-state index in [1.165, 1.54) is 12.1 Å². The van der Waals surface area contributed by atoms with Crippen molar-refractivity contribution in [1.29, 1.82) is 0 Å². The van der Waals surface area contributed by atoms with Crippen LogP contribution < -0.4 is 4.74 Å². The summed E-state index contributed by atoms with van der Waals surface area (Å²) in [5.41, 5.74) is 3.99. The van der Waals surface area contributed by atoms with Gasteiger partial charge in [0.1, 0.15) is 17.1 Å². The summed E-state index contributed by atoms with van der Waals surface area (Å²) in [6.07, 6.45) is 7.79. The van der Waals surface area contributed by atoms with Crippen LogP contribution in [0.15, 0.2) is 95.7 Å². The Balaban J connectivity index is 1.21. The van der Waals surface area contributed by atoms with Crippen molar-refractivity contribution in [2.75, 3.05) is 0 Å². The maximum absolute atomic E-state index is 9.80. The Labute approximate surface area is 369 Å². The minimum absolute atomic E-state index is 0.0852. The van der Waals surface area contributed by atoms with Crippen molar-refractivity contribution in [2.24, 2.45) is 22.6 Å². The summed E-state index contributed by atoms with van der Waals surface area (Å²) in [7, 11) is 0. The van der Waals surface area contributed by atoms with E-state index in [1.807, 2.05) is 32.0 Å². The molecule has 2 aliphatic carbocycles. The fourth-order valence-electron chi connectivity index (χ4n) is 9.52. The standard InChI is InChI=1S/C54H59N3O2/c1-32-23-48(55-30-34(32)3)39-24-45(38-13-11-10-12-14-38)37(6)50(25-39)58-41-26-46-43-16-15-36(5)57-52(43)59-51(46)47(27-41)49-28-44(35(4)31-56-49)42-19-22-54(9,29-33(42)2)40-17-20-53(7,8)21-18-40/h10-16,23-28,30-31,33,40,42H,17-22,29H2,1-9H3/i1D3,2D3,3D3,6D3,40D. The van der Waals surface area contributed by atoms with Crippen LogP contribution in [-0.4, -0.2) is 15.0 Å². The van der Waals surface area contributed by atoms with Gasteiger partial charge in [-0.3, -0.25) is 9.97 Å². The molecule has 0 bridgehead atoms. The highest BCUT2D eigenvalue weighted by Crippen LogP contribution is 2.56. The van der Waals surface area contributed by atoms with Gasteiger partial charge in [-0.25, -0.2) is 4.98 Å². The summed E-state index contributed by atoms with van der Waals surface area (Å²) in [6, 6.07) is 22.2. The Kier molecular flexibility index (Phi) is 6.83. The van der Waals surface area contributed by atoms with Crippen molar-refractivity contribution in [3.8, 4) is 45.1 Å². The molecular formula is C54H59N3O2. The molecule has 9 rings (SSSR count). The summed E-state index contributed by atoms with van der Waals surface area (Å²) in [6.45, 7) is -0.226. The molecule has 2 aliphatic rings. The van der Waals surface area contributed by atoms with Crippen LogP contribution in [0.3, 0.4) is 0 Å². The minimum Gasteiger partial charge on any atom is -0.457 e. The normalized spacial score (nSPS) is 25.6. The number of benzene rings is 3. The van der Waals surface area contributed by atoms with Gasteiger partial charge in [0, 0.05) is 57.8 Å². The quantitative estimate of drug-likeness (QED) is 0.161. The molecule has 3 unspecified atom stereocenters. The van der Waals surface area contributed by atoms with Gasteiger partial charge in [0.05, 0.1) is 11.4 Å². The van der Waals surface area contributed by atoms with E-state index in [-0.39, 0.29) is 45.2 Å². The summed E-state index contributed by atoms with van der Waals surface area (Å²) < 4.78 is 126. The van der Waals surface area contributed by atoms with E-state index in [9.17, 15) is 1.37 Å². The van der Waals surface area contributed by atoms with Crippen LogP contribution in [0.25, 0.3) is 55.7 Å². The van der Waals surface area contributed by atoms with Gasteiger partial charge in [-0.1, -0.05) is 58.0 Å². The zero-order chi connectivity index (χ0) is 52.1. The molecule has 5 heteroatoms. The van der Waals surface area contributed by atoms with Crippen LogP contribution in [0, 0.1) is 57.0 Å². The molecule has 0 aliphatic heterocycles. The lowest BCUT2D eigenvalue weighted by atomic mass is 9.56. The number of hydrogen-bond donors (Lipinski definition) is 0. The summed E-state index contributed by atoms with van der Waals surface area (Å²) in [4.78, 5) is 14.0. The third-order valence-electron chi connectivity index (χ3n) is 13.2. The first kappa shape index (κ1) is 26.7. The van der Waals surface area contributed by atoms with Crippen molar-refractivity contribution < 1.29 is 27.0 Å². The molecule has 3 atom stereocenters. The second-order valence-corrected chi connectivity index (χ2v) is 17.9. The highest BCUT2D eigenvalue weighted by atomic mass is 16.5. The van der Waals surface area contributed by atoms with Crippen molar-refractivity contribution in [1.82, 2.24) is 15.0 Å². The number of pyridine rings is 3. The summed E-state index contributed by atoms with van der Waals surface area (Å²) in [5, 5.41) is 1.25. The molecule has 0 N–H and O–H groups in total. The highest BCUT2D eigenvalue weighted by Gasteiger charge is 2.44. The van der Waals surface area contributed by atoms with Gasteiger partial charge in [0.2, 0.25) is 5.71 Å². The largest absolute Gasteiger partial charge is 0.457 e. The van der Waals surface area contributed by atoms with Gasteiger partial charge in [0.25, 0.3) is 0 Å². The van der Waals surface area contributed by atoms with Crippen molar-refractivity contribution in [2.45, 2.75) is 113 Å². The molecule has 302 valence electrons. The van der Waals surface area contributed by atoms with Crippen molar-refractivity contribution in [3.63, 3.8) is 0 Å². The lowest BCUT2D eigenvalue weighted by Crippen LogP contribution is -2.38. The Morgan fingerprint density at radius 1 is 0.746 bits per heavy atom. The second kappa shape index (κ2) is 15.1. The molecule has 7 aromatic rings. The van der Waals surface area contributed by atoms with E-state index in [0.717, 1.165) is 48.7 Å². The van der Waals surface area contributed by atoms with Gasteiger partial charge in [0.15, 0.2) is 0 Å².